The number of aromatic nitrogens is 1. The Balaban J connectivity index is 1.89. The van der Waals surface area contributed by atoms with Gasteiger partial charge >= 0.3 is 5.91 Å². The zero-order valence-electron chi connectivity index (χ0n) is 18.8. The number of nitrogens with zero attached hydrogens (tertiary/aromatic N) is 2. The molecule has 2 heterocycles. The highest BCUT2D eigenvalue weighted by molar-refractivity contribution is 6.51. The molecule has 1 amide bonds. The fourth-order valence-electron chi connectivity index (χ4n) is 3.95. The molecule has 1 unspecified atom stereocenters. The van der Waals surface area contributed by atoms with Gasteiger partial charge in [0.05, 0.1) is 25.3 Å². The lowest BCUT2D eigenvalue weighted by Gasteiger charge is -2.23. The molecule has 0 bridgehead atoms. The van der Waals surface area contributed by atoms with Gasteiger partial charge in [-0.05, 0) is 62.2 Å². The largest absolute Gasteiger partial charge is 0.507 e. The van der Waals surface area contributed by atoms with E-state index in [2.05, 4.69) is 5.16 Å². The van der Waals surface area contributed by atoms with Crippen LogP contribution in [0.25, 0.3) is 5.76 Å². The molecule has 1 aromatic heterocycles. The predicted molar refractivity (Wildman–Crippen MR) is 121 cm³/mol. The number of aliphatic hydroxyl groups excluding tert-OH is 1. The van der Waals surface area contributed by atoms with Crippen molar-refractivity contribution in [2.45, 2.75) is 26.8 Å². The van der Waals surface area contributed by atoms with Gasteiger partial charge in [-0.25, -0.2) is 0 Å². The number of aliphatic hydroxyl groups is 1. The number of aryl methyl sites for hydroxylation is 2. The average Bonchev–Trinajstić information content (AvgIpc) is 3.34. The van der Waals surface area contributed by atoms with E-state index < -0.39 is 17.7 Å². The Morgan fingerprint density at radius 3 is 2.42 bits per heavy atom. The maximum Gasteiger partial charge on any atom is 0.301 e. The van der Waals surface area contributed by atoms with E-state index in [0.29, 0.717) is 35.0 Å². The zero-order chi connectivity index (χ0) is 23.7. The van der Waals surface area contributed by atoms with Crippen molar-refractivity contribution in [1.82, 2.24) is 5.16 Å². The number of anilines is 1. The molecule has 1 saturated heterocycles. The van der Waals surface area contributed by atoms with Crippen LogP contribution in [0.2, 0.25) is 0 Å². The van der Waals surface area contributed by atoms with Gasteiger partial charge in [0, 0.05) is 11.6 Å². The van der Waals surface area contributed by atoms with E-state index in [4.69, 9.17) is 14.0 Å². The second kappa shape index (κ2) is 8.82. The summed E-state index contributed by atoms with van der Waals surface area (Å²) in [5, 5.41) is 15.1. The molecule has 1 atom stereocenters. The highest BCUT2D eigenvalue weighted by Gasteiger charge is 2.48. The molecule has 0 spiro atoms. The lowest BCUT2D eigenvalue weighted by Crippen LogP contribution is -2.29. The maximum absolute atomic E-state index is 13.2. The molecule has 3 aromatic rings. The van der Waals surface area contributed by atoms with Crippen LogP contribution in [0.4, 0.5) is 5.82 Å². The Morgan fingerprint density at radius 1 is 1.12 bits per heavy atom. The number of amides is 1. The first kappa shape index (κ1) is 22.1. The summed E-state index contributed by atoms with van der Waals surface area (Å²) in [6.07, 6.45) is 0. The minimum Gasteiger partial charge on any atom is -0.507 e. The van der Waals surface area contributed by atoms with Gasteiger partial charge in [0.15, 0.2) is 5.82 Å². The molecule has 1 N–H and O–H groups in total. The molecule has 8 nitrogen and oxygen atoms in total. The van der Waals surface area contributed by atoms with Gasteiger partial charge in [-0.3, -0.25) is 14.5 Å². The average molecular weight is 448 g/mol. The zero-order valence-corrected chi connectivity index (χ0v) is 18.8. The number of carbonyl (C=O) groups excluding carboxylic acids is 2. The van der Waals surface area contributed by atoms with Gasteiger partial charge in [0.1, 0.15) is 23.0 Å². The molecule has 4 rings (SSSR count). The molecular formula is C25H24N2O6. The van der Waals surface area contributed by atoms with E-state index in [9.17, 15) is 14.7 Å². The highest BCUT2D eigenvalue weighted by Crippen LogP contribution is 2.42. The minimum absolute atomic E-state index is 0.0330. The molecule has 1 fully saturated rings. The van der Waals surface area contributed by atoms with Crippen molar-refractivity contribution in [2.24, 2.45) is 0 Å². The number of rotatable bonds is 6. The number of methoxy groups -OCH3 is 1. The van der Waals surface area contributed by atoms with Crippen molar-refractivity contribution in [3.8, 4) is 11.5 Å². The smallest absolute Gasteiger partial charge is 0.301 e. The van der Waals surface area contributed by atoms with Crippen LogP contribution in [0.15, 0.2) is 58.6 Å². The van der Waals surface area contributed by atoms with Crippen LogP contribution >= 0.6 is 0 Å². The number of carbonyl (C=O) groups is 2. The van der Waals surface area contributed by atoms with Crippen LogP contribution in [0.5, 0.6) is 11.5 Å². The van der Waals surface area contributed by atoms with Gasteiger partial charge in [-0.1, -0.05) is 17.3 Å². The summed E-state index contributed by atoms with van der Waals surface area (Å²) in [5.74, 6) is 0.103. The standard InChI is InChI=1S/C25H24N2O6/c1-5-32-18-9-6-16(7-10-18)22-21(23(28)17-8-11-19(31-4)14(2)12-17)24(29)25(30)27(22)20-13-15(3)33-26-20/h6-13,22,28H,5H2,1-4H3. The molecule has 0 aliphatic carbocycles. The Hall–Kier alpha value is -4.07. The third-order valence-corrected chi connectivity index (χ3v) is 5.48. The van der Waals surface area contributed by atoms with Crippen LogP contribution < -0.4 is 14.4 Å². The van der Waals surface area contributed by atoms with Crippen LogP contribution in [-0.4, -0.2) is 35.7 Å². The van der Waals surface area contributed by atoms with Gasteiger partial charge in [0.2, 0.25) is 0 Å². The minimum atomic E-state index is -0.896. The third-order valence-electron chi connectivity index (χ3n) is 5.48. The van der Waals surface area contributed by atoms with Crippen molar-refractivity contribution >= 4 is 23.3 Å². The number of benzene rings is 2. The van der Waals surface area contributed by atoms with E-state index in [0.717, 1.165) is 5.56 Å². The van der Waals surface area contributed by atoms with E-state index >= 15 is 0 Å². The summed E-state index contributed by atoms with van der Waals surface area (Å²) < 4.78 is 15.9. The Labute approximate surface area is 191 Å². The van der Waals surface area contributed by atoms with Crippen LogP contribution in [-0.2, 0) is 9.59 Å². The van der Waals surface area contributed by atoms with Crippen molar-refractivity contribution in [1.29, 1.82) is 0 Å². The van der Waals surface area contributed by atoms with Crippen molar-refractivity contribution in [2.75, 3.05) is 18.6 Å². The molecule has 8 heteroatoms. The molecule has 2 aromatic carbocycles. The van der Waals surface area contributed by atoms with Gasteiger partial charge in [-0.15, -0.1) is 0 Å². The monoisotopic (exact) mass is 448 g/mol. The highest BCUT2D eigenvalue weighted by atomic mass is 16.5. The first-order chi connectivity index (χ1) is 15.8. The summed E-state index contributed by atoms with van der Waals surface area (Å²) in [6.45, 7) is 5.91. The first-order valence-electron chi connectivity index (χ1n) is 10.5. The SMILES string of the molecule is CCOc1ccc(C2C(=C(O)c3ccc(OC)c(C)c3)C(=O)C(=O)N2c2cc(C)on2)cc1. The van der Waals surface area contributed by atoms with Crippen LogP contribution in [0.3, 0.4) is 0 Å². The molecule has 1 aliphatic rings. The van der Waals surface area contributed by atoms with Gasteiger partial charge < -0.3 is 19.1 Å². The van der Waals surface area contributed by atoms with Gasteiger partial charge in [0.25, 0.3) is 5.78 Å². The first-order valence-corrected chi connectivity index (χ1v) is 10.5. The number of hydrogen-bond acceptors (Lipinski definition) is 7. The lowest BCUT2D eigenvalue weighted by molar-refractivity contribution is -0.132. The van der Waals surface area contributed by atoms with Crippen molar-refractivity contribution in [3.05, 3.63) is 76.6 Å². The predicted octanol–water partition coefficient (Wildman–Crippen LogP) is 4.33. The van der Waals surface area contributed by atoms with E-state index in [1.54, 1.807) is 62.6 Å². The molecule has 0 saturated carbocycles. The number of hydrogen-bond donors (Lipinski definition) is 1. The molecule has 170 valence electrons. The quantitative estimate of drug-likeness (QED) is 0.340. The van der Waals surface area contributed by atoms with Gasteiger partial charge in [-0.2, -0.15) is 0 Å². The normalized spacial score (nSPS) is 17.5. The molecular weight excluding hydrogens is 424 g/mol. The summed E-state index contributed by atoms with van der Waals surface area (Å²) in [6, 6.07) is 12.8. The topological polar surface area (TPSA) is 102 Å². The maximum atomic E-state index is 13.2. The fraction of sp³-hybridized carbons (Fsp3) is 0.240. The Morgan fingerprint density at radius 2 is 1.85 bits per heavy atom. The Kier molecular flexibility index (Phi) is 5.91. The molecule has 0 radical (unpaired) electrons. The fourth-order valence-corrected chi connectivity index (χ4v) is 3.95. The number of Topliss-reactive ketones (excluding diaryl/α,β-unsaturated/α-hetero) is 1. The Bertz CT molecular complexity index is 1240. The summed E-state index contributed by atoms with van der Waals surface area (Å²) >= 11 is 0. The third kappa shape index (κ3) is 3.95. The van der Waals surface area contributed by atoms with E-state index in [1.807, 2.05) is 13.8 Å². The number of ketones is 1. The summed E-state index contributed by atoms with van der Waals surface area (Å²) in [5.41, 5.74) is 1.76. The van der Waals surface area contributed by atoms with Crippen molar-refractivity contribution < 1.29 is 28.7 Å². The summed E-state index contributed by atoms with van der Waals surface area (Å²) in [4.78, 5) is 27.5. The second-order valence-corrected chi connectivity index (χ2v) is 7.65. The molecule has 33 heavy (non-hydrogen) atoms. The summed E-state index contributed by atoms with van der Waals surface area (Å²) in [7, 11) is 1.55. The number of ether oxygens (including phenoxy) is 2. The van der Waals surface area contributed by atoms with Crippen molar-refractivity contribution in [3.63, 3.8) is 0 Å². The second-order valence-electron chi connectivity index (χ2n) is 7.65. The van der Waals surface area contributed by atoms with Crippen LogP contribution in [0, 0.1) is 13.8 Å². The van der Waals surface area contributed by atoms with E-state index in [1.165, 1.54) is 4.90 Å². The lowest BCUT2D eigenvalue weighted by atomic mass is 9.94. The molecule has 1 aliphatic heterocycles. The van der Waals surface area contributed by atoms with Crippen LogP contribution in [0.1, 0.15) is 35.4 Å². The van der Waals surface area contributed by atoms with E-state index in [-0.39, 0.29) is 17.2 Å².